The lowest BCUT2D eigenvalue weighted by Crippen LogP contribution is -2.50. The summed E-state index contributed by atoms with van der Waals surface area (Å²) < 4.78 is 0. The monoisotopic (exact) mass is 386 g/mol. The zero-order valence-corrected chi connectivity index (χ0v) is 19.2. The van der Waals surface area contributed by atoms with Gasteiger partial charge in [0.2, 0.25) is 0 Å². The van der Waals surface area contributed by atoms with Gasteiger partial charge >= 0.3 is 0 Å². The number of hydrogen-bond acceptors (Lipinski definition) is 1. The van der Waals surface area contributed by atoms with Crippen LogP contribution in [0.2, 0.25) is 0 Å². The van der Waals surface area contributed by atoms with Crippen molar-refractivity contribution in [1.29, 1.82) is 0 Å². The van der Waals surface area contributed by atoms with Gasteiger partial charge in [0.15, 0.2) is 0 Å². The van der Waals surface area contributed by atoms with Gasteiger partial charge in [0.25, 0.3) is 0 Å². The minimum absolute atomic E-state index is 0.357. The number of aliphatic hydroxyl groups excluding tert-OH is 1. The van der Waals surface area contributed by atoms with E-state index in [1.807, 2.05) is 5.57 Å². The van der Waals surface area contributed by atoms with Crippen LogP contribution >= 0.6 is 0 Å². The van der Waals surface area contributed by atoms with Crippen LogP contribution in [-0.2, 0) is 0 Å². The normalized spacial score (nSPS) is 44.8. The Kier molecular flexibility index (Phi) is 6.05. The molecule has 1 nitrogen and oxygen atoms in total. The molecule has 28 heavy (non-hydrogen) atoms. The van der Waals surface area contributed by atoms with Crippen LogP contribution < -0.4 is 0 Å². The van der Waals surface area contributed by atoms with Crippen LogP contribution in [-0.4, -0.2) is 11.7 Å². The first-order valence-corrected chi connectivity index (χ1v) is 12.7. The van der Waals surface area contributed by atoms with Crippen LogP contribution in [0.4, 0.5) is 0 Å². The summed E-state index contributed by atoms with van der Waals surface area (Å²) in [5.41, 5.74) is 3.01. The maximum absolute atomic E-state index is 9.32. The highest BCUT2D eigenvalue weighted by molar-refractivity contribution is 5.23. The largest absolute Gasteiger partial charge is 0.396 e. The van der Waals surface area contributed by atoms with Gasteiger partial charge in [-0.2, -0.15) is 0 Å². The van der Waals surface area contributed by atoms with E-state index in [9.17, 15) is 5.11 Å². The Morgan fingerprint density at radius 2 is 1.86 bits per heavy atom. The van der Waals surface area contributed by atoms with E-state index in [1.54, 1.807) is 0 Å². The summed E-state index contributed by atoms with van der Waals surface area (Å²) >= 11 is 0. The van der Waals surface area contributed by atoms with Crippen LogP contribution in [0.15, 0.2) is 11.6 Å². The fraction of sp³-hybridized carbons (Fsp3) is 0.926. The average Bonchev–Trinajstić information content (AvgIpc) is 3.04. The molecular weight excluding hydrogens is 340 g/mol. The molecule has 4 aliphatic rings. The van der Waals surface area contributed by atoms with Crippen molar-refractivity contribution in [2.24, 2.45) is 46.3 Å². The Labute approximate surface area is 174 Å². The van der Waals surface area contributed by atoms with E-state index in [4.69, 9.17) is 0 Å². The van der Waals surface area contributed by atoms with Crippen molar-refractivity contribution in [1.82, 2.24) is 0 Å². The van der Waals surface area contributed by atoms with Crippen molar-refractivity contribution in [3.8, 4) is 0 Å². The van der Waals surface area contributed by atoms with Gasteiger partial charge in [0.05, 0.1) is 0 Å². The molecule has 3 saturated carbocycles. The zero-order valence-electron chi connectivity index (χ0n) is 19.2. The lowest BCUT2D eigenvalue weighted by atomic mass is 9.46. The van der Waals surface area contributed by atoms with Gasteiger partial charge in [-0.1, -0.05) is 52.2 Å². The van der Waals surface area contributed by atoms with Crippen molar-refractivity contribution < 1.29 is 5.11 Å². The van der Waals surface area contributed by atoms with Gasteiger partial charge in [-0.05, 0) is 111 Å². The zero-order chi connectivity index (χ0) is 19.9. The summed E-state index contributed by atoms with van der Waals surface area (Å²) in [6, 6.07) is 0. The molecule has 4 rings (SSSR count). The molecule has 0 aromatic rings. The molecule has 0 amide bonds. The highest BCUT2D eigenvalue weighted by Crippen LogP contribution is 2.67. The van der Waals surface area contributed by atoms with Gasteiger partial charge < -0.3 is 5.11 Å². The second kappa shape index (κ2) is 8.09. The fourth-order valence-electron chi connectivity index (χ4n) is 8.81. The Bertz CT molecular complexity index is 579. The van der Waals surface area contributed by atoms with Crippen LogP contribution in [0.3, 0.4) is 0 Å². The maximum atomic E-state index is 9.32. The SMILES string of the molecule is CC(CO)CCCC(C)[C@H]1CC[C@H]2[C@@H]3CCC4=CCCC[C@]4(C)[C@H]3CC[C@]12C. The molecular formula is C27H46O. The fourth-order valence-corrected chi connectivity index (χ4v) is 8.81. The standard InChI is InChI=1S/C27H46O/c1-19(18-28)8-7-9-20(2)23-13-14-24-22-12-11-21-10-5-6-16-26(21,3)25(22)15-17-27(23,24)4/h10,19-20,22-25,28H,5-9,11-18H2,1-4H3/t19?,20?,22-,23+,24-,25-,26-,27+/m0/s1. The van der Waals surface area contributed by atoms with Crippen LogP contribution in [0.5, 0.6) is 0 Å². The van der Waals surface area contributed by atoms with Crippen LogP contribution in [0.1, 0.15) is 105 Å². The number of rotatable bonds is 6. The minimum Gasteiger partial charge on any atom is -0.396 e. The van der Waals surface area contributed by atoms with Crippen LogP contribution in [0.25, 0.3) is 0 Å². The molecule has 3 fully saturated rings. The van der Waals surface area contributed by atoms with E-state index in [-0.39, 0.29) is 0 Å². The predicted octanol–water partition coefficient (Wildman–Crippen LogP) is 7.39. The van der Waals surface area contributed by atoms with Gasteiger partial charge in [0.1, 0.15) is 0 Å². The summed E-state index contributed by atoms with van der Waals surface area (Å²) in [5, 5.41) is 9.32. The lowest BCUT2D eigenvalue weighted by Gasteiger charge is -2.58. The predicted molar refractivity (Wildman–Crippen MR) is 119 cm³/mol. The number of fused-ring (bicyclic) bond motifs is 5. The summed E-state index contributed by atoms with van der Waals surface area (Å²) in [5.74, 6) is 5.27. The smallest absolute Gasteiger partial charge is 0.0456 e. The maximum Gasteiger partial charge on any atom is 0.0456 e. The molecule has 0 aliphatic heterocycles. The van der Waals surface area contributed by atoms with Crippen molar-refractivity contribution in [3.63, 3.8) is 0 Å². The van der Waals surface area contributed by atoms with E-state index in [1.165, 1.54) is 77.0 Å². The summed E-state index contributed by atoms with van der Waals surface area (Å²) in [7, 11) is 0. The molecule has 0 radical (unpaired) electrons. The number of aliphatic hydroxyl groups is 1. The molecule has 1 heteroatoms. The quantitative estimate of drug-likeness (QED) is 0.472. The van der Waals surface area contributed by atoms with Crippen molar-refractivity contribution in [2.45, 2.75) is 105 Å². The first-order valence-electron chi connectivity index (χ1n) is 12.7. The highest BCUT2D eigenvalue weighted by atomic mass is 16.3. The van der Waals surface area contributed by atoms with E-state index in [0.717, 1.165) is 29.6 Å². The molecule has 0 aromatic carbocycles. The molecule has 8 atom stereocenters. The number of allylic oxidation sites excluding steroid dienone is 2. The molecule has 0 bridgehead atoms. The average molecular weight is 387 g/mol. The third-order valence-corrected chi connectivity index (χ3v) is 10.5. The Morgan fingerprint density at radius 3 is 2.64 bits per heavy atom. The van der Waals surface area contributed by atoms with E-state index in [2.05, 4.69) is 33.8 Å². The Morgan fingerprint density at radius 1 is 1.04 bits per heavy atom. The third kappa shape index (κ3) is 3.42. The highest BCUT2D eigenvalue weighted by Gasteiger charge is 2.59. The second-order valence-electron chi connectivity index (χ2n) is 11.9. The topological polar surface area (TPSA) is 20.2 Å². The Balaban J connectivity index is 1.45. The van der Waals surface area contributed by atoms with Gasteiger partial charge in [-0.3, -0.25) is 0 Å². The summed E-state index contributed by atoms with van der Waals surface area (Å²) in [6.45, 7) is 10.5. The van der Waals surface area contributed by atoms with E-state index in [0.29, 0.717) is 23.4 Å². The summed E-state index contributed by atoms with van der Waals surface area (Å²) in [6.07, 6.45) is 19.6. The van der Waals surface area contributed by atoms with Crippen molar-refractivity contribution in [3.05, 3.63) is 11.6 Å². The van der Waals surface area contributed by atoms with Crippen LogP contribution in [0, 0.1) is 46.3 Å². The van der Waals surface area contributed by atoms with E-state index >= 15 is 0 Å². The minimum atomic E-state index is 0.357. The molecule has 0 aromatic heterocycles. The Hall–Kier alpha value is -0.300. The van der Waals surface area contributed by atoms with Gasteiger partial charge in [-0.15, -0.1) is 0 Å². The van der Waals surface area contributed by atoms with E-state index < -0.39 is 0 Å². The molecule has 0 saturated heterocycles. The second-order valence-corrected chi connectivity index (χ2v) is 11.9. The first kappa shape index (κ1) is 21.0. The molecule has 4 aliphatic carbocycles. The van der Waals surface area contributed by atoms with Crippen molar-refractivity contribution >= 4 is 0 Å². The molecule has 160 valence electrons. The van der Waals surface area contributed by atoms with Gasteiger partial charge in [0, 0.05) is 6.61 Å². The molecule has 1 N–H and O–H groups in total. The lowest BCUT2D eigenvalue weighted by molar-refractivity contribution is -0.0592. The first-order chi connectivity index (χ1) is 13.4. The molecule has 2 unspecified atom stereocenters. The van der Waals surface area contributed by atoms with Gasteiger partial charge in [-0.25, -0.2) is 0 Å². The third-order valence-electron chi connectivity index (χ3n) is 10.5. The van der Waals surface area contributed by atoms with Crippen molar-refractivity contribution in [2.75, 3.05) is 6.61 Å². The summed E-state index contributed by atoms with van der Waals surface area (Å²) in [4.78, 5) is 0. The molecule has 0 heterocycles. The number of hydrogen-bond donors (Lipinski definition) is 1. The molecule has 0 spiro atoms.